The van der Waals surface area contributed by atoms with E-state index < -0.39 is 0 Å². The Labute approximate surface area is 117 Å². The number of hydrogen-bond acceptors (Lipinski definition) is 3. The van der Waals surface area contributed by atoms with Gasteiger partial charge in [0, 0.05) is 18.2 Å². The molecule has 3 heteroatoms. The van der Waals surface area contributed by atoms with E-state index in [2.05, 4.69) is 46.0 Å². The fourth-order valence-electron chi connectivity index (χ4n) is 1.92. The Kier molecular flexibility index (Phi) is 5.83. The van der Waals surface area contributed by atoms with Crippen LogP contribution in [0.25, 0.3) is 0 Å². The molecule has 1 rings (SSSR count). The van der Waals surface area contributed by atoms with Gasteiger partial charge in [-0.2, -0.15) is 0 Å². The summed E-state index contributed by atoms with van der Waals surface area (Å²) in [5.74, 6) is 0.877. The van der Waals surface area contributed by atoms with Crippen LogP contribution in [0.5, 0.6) is 5.75 Å². The zero-order valence-corrected chi connectivity index (χ0v) is 13.0. The number of benzene rings is 1. The van der Waals surface area contributed by atoms with E-state index in [4.69, 9.17) is 9.47 Å². The van der Waals surface area contributed by atoms with Crippen molar-refractivity contribution in [3.05, 3.63) is 29.8 Å². The standard InChI is InChI=1S/C16H27NO2/c1-12(2)17-11-15(19-16(3,4)5)13-9-7-8-10-14(13)18-6/h7-10,12,15,17H,11H2,1-6H3. The molecule has 0 fully saturated rings. The average Bonchev–Trinajstić information content (AvgIpc) is 2.33. The van der Waals surface area contributed by atoms with Crippen molar-refractivity contribution in [3.8, 4) is 5.75 Å². The Morgan fingerprint density at radius 1 is 1.16 bits per heavy atom. The van der Waals surface area contributed by atoms with Crippen LogP contribution in [0.3, 0.4) is 0 Å². The van der Waals surface area contributed by atoms with Crippen molar-refractivity contribution in [3.63, 3.8) is 0 Å². The largest absolute Gasteiger partial charge is 0.496 e. The molecule has 1 aromatic carbocycles. The molecule has 3 nitrogen and oxygen atoms in total. The maximum Gasteiger partial charge on any atom is 0.124 e. The van der Waals surface area contributed by atoms with E-state index in [0.717, 1.165) is 17.9 Å². The second kappa shape index (κ2) is 6.92. The summed E-state index contributed by atoms with van der Waals surface area (Å²) in [4.78, 5) is 0. The van der Waals surface area contributed by atoms with Crippen LogP contribution in [0.2, 0.25) is 0 Å². The number of methoxy groups -OCH3 is 1. The van der Waals surface area contributed by atoms with Crippen LogP contribution in [-0.4, -0.2) is 25.3 Å². The van der Waals surface area contributed by atoms with Crippen LogP contribution < -0.4 is 10.1 Å². The van der Waals surface area contributed by atoms with Crippen molar-refractivity contribution in [1.82, 2.24) is 5.32 Å². The van der Waals surface area contributed by atoms with Gasteiger partial charge in [0.15, 0.2) is 0 Å². The second-order valence-corrected chi connectivity index (χ2v) is 6.02. The molecular weight excluding hydrogens is 238 g/mol. The molecule has 1 aromatic rings. The van der Waals surface area contributed by atoms with E-state index in [1.807, 2.05) is 18.2 Å². The molecule has 0 aromatic heterocycles. The maximum atomic E-state index is 6.17. The van der Waals surface area contributed by atoms with Gasteiger partial charge in [0.25, 0.3) is 0 Å². The van der Waals surface area contributed by atoms with E-state index in [0.29, 0.717) is 6.04 Å². The third kappa shape index (κ3) is 5.62. The zero-order chi connectivity index (χ0) is 14.5. The summed E-state index contributed by atoms with van der Waals surface area (Å²) in [5.41, 5.74) is 0.901. The quantitative estimate of drug-likeness (QED) is 0.853. The van der Waals surface area contributed by atoms with Gasteiger partial charge >= 0.3 is 0 Å². The highest BCUT2D eigenvalue weighted by atomic mass is 16.5. The first kappa shape index (κ1) is 16.0. The average molecular weight is 265 g/mol. The van der Waals surface area contributed by atoms with Gasteiger partial charge in [-0.1, -0.05) is 32.0 Å². The SMILES string of the molecule is COc1ccccc1C(CNC(C)C)OC(C)(C)C. The molecule has 0 saturated carbocycles. The lowest BCUT2D eigenvalue weighted by atomic mass is 10.1. The summed E-state index contributed by atoms with van der Waals surface area (Å²) in [5, 5.41) is 3.44. The second-order valence-electron chi connectivity index (χ2n) is 6.02. The highest BCUT2D eigenvalue weighted by Gasteiger charge is 2.23. The highest BCUT2D eigenvalue weighted by Crippen LogP contribution is 2.30. The number of ether oxygens (including phenoxy) is 2. The number of rotatable bonds is 6. The van der Waals surface area contributed by atoms with Crippen molar-refractivity contribution >= 4 is 0 Å². The van der Waals surface area contributed by atoms with Gasteiger partial charge in [0.05, 0.1) is 18.8 Å². The van der Waals surface area contributed by atoms with E-state index in [1.54, 1.807) is 7.11 Å². The Morgan fingerprint density at radius 2 is 1.79 bits per heavy atom. The molecule has 1 atom stereocenters. The van der Waals surface area contributed by atoms with Crippen LogP contribution in [-0.2, 0) is 4.74 Å². The highest BCUT2D eigenvalue weighted by molar-refractivity contribution is 5.35. The monoisotopic (exact) mass is 265 g/mol. The molecular formula is C16H27NO2. The zero-order valence-electron chi connectivity index (χ0n) is 13.0. The van der Waals surface area contributed by atoms with Crippen LogP contribution in [0.1, 0.15) is 46.3 Å². The Balaban J connectivity index is 2.94. The van der Waals surface area contributed by atoms with Crippen molar-refractivity contribution in [2.75, 3.05) is 13.7 Å². The summed E-state index contributed by atoms with van der Waals surface area (Å²) in [6.07, 6.45) is -0.0152. The molecule has 0 spiro atoms. The predicted octanol–water partition coefficient (Wildman–Crippen LogP) is 3.55. The van der Waals surface area contributed by atoms with Crippen LogP contribution in [0, 0.1) is 0 Å². The van der Waals surface area contributed by atoms with Gasteiger partial charge in [-0.25, -0.2) is 0 Å². The molecule has 0 bridgehead atoms. The van der Waals surface area contributed by atoms with E-state index in [9.17, 15) is 0 Å². The van der Waals surface area contributed by atoms with Gasteiger partial charge in [-0.05, 0) is 26.8 Å². The van der Waals surface area contributed by atoms with E-state index in [1.165, 1.54) is 0 Å². The number of nitrogens with one attached hydrogen (secondary N) is 1. The fraction of sp³-hybridized carbons (Fsp3) is 0.625. The maximum absolute atomic E-state index is 6.17. The molecule has 108 valence electrons. The molecule has 1 N–H and O–H groups in total. The lowest BCUT2D eigenvalue weighted by molar-refractivity contribution is -0.0619. The molecule has 0 aliphatic heterocycles. The first-order valence-corrected chi connectivity index (χ1v) is 6.87. The first-order chi connectivity index (χ1) is 8.83. The van der Waals surface area contributed by atoms with Gasteiger partial charge in [0.2, 0.25) is 0 Å². The fourth-order valence-corrected chi connectivity index (χ4v) is 1.92. The van der Waals surface area contributed by atoms with E-state index in [-0.39, 0.29) is 11.7 Å². The molecule has 0 heterocycles. The molecule has 19 heavy (non-hydrogen) atoms. The molecule has 0 saturated heterocycles. The third-order valence-corrected chi connectivity index (χ3v) is 2.69. The number of para-hydroxylation sites is 1. The lowest BCUT2D eigenvalue weighted by Gasteiger charge is -2.29. The van der Waals surface area contributed by atoms with Crippen LogP contribution in [0.4, 0.5) is 0 Å². The van der Waals surface area contributed by atoms with Crippen molar-refractivity contribution in [1.29, 1.82) is 0 Å². The third-order valence-electron chi connectivity index (χ3n) is 2.69. The Hall–Kier alpha value is -1.06. The van der Waals surface area contributed by atoms with E-state index >= 15 is 0 Å². The Morgan fingerprint density at radius 3 is 2.32 bits per heavy atom. The minimum Gasteiger partial charge on any atom is -0.496 e. The summed E-state index contributed by atoms with van der Waals surface area (Å²) < 4.78 is 11.6. The van der Waals surface area contributed by atoms with Gasteiger partial charge in [-0.15, -0.1) is 0 Å². The summed E-state index contributed by atoms with van der Waals surface area (Å²) in [6, 6.07) is 8.47. The van der Waals surface area contributed by atoms with Crippen molar-refractivity contribution < 1.29 is 9.47 Å². The van der Waals surface area contributed by atoms with Crippen LogP contribution in [0.15, 0.2) is 24.3 Å². The molecule has 0 radical (unpaired) electrons. The summed E-state index contributed by atoms with van der Waals surface area (Å²) in [6.45, 7) is 11.3. The first-order valence-electron chi connectivity index (χ1n) is 6.87. The van der Waals surface area contributed by atoms with Gasteiger partial charge in [0.1, 0.15) is 5.75 Å². The Bertz CT molecular complexity index is 383. The van der Waals surface area contributed by atoms with Gasteiger partial charge in [-0.3, -0.25) is 0 Å². The smallest absolute Gasteiger partial charge is 0.124 e. The molecule has 0 aliphatic rings. The molecule has 1 unspecified atom stereocenters. The minimum absolute atomic E-state index is 0.0152. The predicted molar refractivity (Wildman–Crippen MR) is 79.7 cm³/mol. The normalized spacial score (nSPS) is 13.6. The number of hydrogen-bond donors (Lipinski definition) is 1. The molecule has 0 amide bonds. The summed E-state index contributed by atoms with van der Waals surface area (Å²) in [7, 11) is 1.70. The lowest BCUT2D eigenvalue weighted by Crippen LogP contribution is -2.33. The van der Waals surface area contributed by atoms with Crippen LogP contribution >= 0.6 is 0 Å². The van der Waals surface area contributed by atoms with Crippen molar-refractivity contribution in [2.45, 2.75) is 52.4 Å². The minimum atomic E-state index is -0.190. The summed E-state index contributed by atoms with van der Waals surface area (Å²) >= 11 is 0. The van der Waals surface area contributed by atoms with Crippen molar-refractivity contribution in [2.24, 2.45) is 0 Å². The van der Waals surface area contributed by atoms with Gasteiger partial charge < -0.3 is 14.8 Å². The topological polar surface area (TPSA) is 30.5 Å². The molecule has 0 aliphatic carbocycles.